The molecule has 0 fully saturated rings. The summed E-state index contributed by atoms with van der Waals surface area (Å²) < 4.78 is 2.89. The predicted molar refractivity (Wildman–Crippen MR) is 84.4 cm³/mol. The molecular weight excluding hydrogens is 316 g/mol. The first-order valence-electron chi connectivity index (χ1n) is 6.55. The van der Waals surface area contributed by atoms with E-state index >= 15 is 0 Å². The quantitative estimate of drug-likeness (QED) is 0.797. The number of nitrogen functional groups attached to an aromatic ring is 1. The molecule has 0 spiro atoms. The van der Waals surface area contributed by atoms with E-state index in [0.717, 1.165) is 35.0 Å². The minimum atomic E-state index is 0.527. The number of rotatable bonds is 4. The monoisotopic (exact) mass is 330 g/mol. The molecular formula is C15H15BrN4. The van der Waals surface area contributed by atoms with E-state index in [1.807, 2.05) is 16.7 Å². The Morgan fingerprint density at radius 1 is 1.20 bits per heavy atom. The van der Waals surface area contributed by atoms with Gasteiger partial charge in [-0.05, 0) is 40.4 Å². The van der Waals surface area contributed by atoms with Crippen molar-refractivity contribution < 1.29 is 0 Å². The van der Waals surface area contributed by atoms with Crippen LogP contribution < -0.4 is 5.73 Å². The molecule has 0 atom stereocenters. The Morgan fingerprint density at radius 2 is 2.00 bits per heavy atom. The van der Waals surface area contributed by atoms with Crippen molar-refractivity contribution in [2.45, 2.75) is 19.4 Å². The summed E-state index contributed by atoms with van der Waals surface area (Å²) >= 11 is 3.40. The SMILES string of the molecule is Nc1nc2cc(Br)cnc2n1CCCc1ccccc1. The molecule has 0 unspecified atom stereocenters. The summed E-state index contributed by atoms with van der Waals surface area (Å²) in [7, 11) is 0. The van der Waals surface area contributed by atoms with Crippen molar-refractivity contribution in [3.63, 3.8) is 0 Å². The second-order valence-corrected chi connectivity index (χ2v) is 5.62. The lowest BCUT2D eigenvalue weighted by Gasteiger charge is -2.06. The number of imidazole rings is 1. The van der Waals surface area contributed by atoms with Gasteiger partial charge in [0.05, 0.1) is 0 Å². The number of nitrogens with zero attached hydrogens (tertiary/aromatic N) is 3. The molecule has 5 heteroatoms. The highest BCUT2D eigenvalue weighted by Crippen LogP contribution is 2.20. The van der Waals surface area contributed by atoms with E-state index in [1.165, 1.54) is 5.56 Å². The topological polar surface area (TPSA) is 56.7 Å². The van der Waals surface area contributed by atoms with Gasteiger partial charge in [-0.3, -0.25) is 4.57 Å². The Balaban J connectivity index is 1.76. The van der Waals surface area contributed by atoms with Crippen molar-refractivity contribution in [1.82, 2.24) is 14.5 Å². The highest BCUT2D eigenvalue weighted by atomic mass is 79.9. The number of fused-ring (bicyclic) bond motifs is 1. The summed E-state index contributed by atoms with van der Waals surface area (Å²) in [6.45, 7) is 0.825. The first-order valence-corrected chi connectivity index (χ1v) is 7.34. The molecule has 3 rings (SSSR count). The summed E-state index contributed by atoms with van der Waals surface area (Å²) in [5.74, 6) is 0.527. The second kappa shape index (κ2) is 5.63. The molecule has 0 bridgehead atoms. The van der Waals surface area contributed by atoms with Crippen LogP contribution in [0.5, 0.6) is 0 Å². The van der Waals surface area contributed by atoms with Gasteiger partial charge in [-0.25, -0.2) is 9.97 Å². The van der Waals surface area contributed by atoms with Gasteiger partial charge in [-0.1, -0.05) is 30.3 Å². The molecule has 102 valence electrons. The number of hydrogen-bond acceptors (Lipinski definition) is 3. The number of hydrogen-bond donors (Lipinski definition) is 1. The Kier molecular flexibility index (Phi) is 3.69. The van der Waals surface area contributed by atoms with Crippen LogP contribution in [-0.2, 0) is 13.0 Å². The molecule has 0 radical (unpaired) electrons. The minimum Gasteiger partial charge on any atom is -0.369 e. The smallest absolute Gasteiger partial charge is 0.202 e. The van der Waals surface area contributed by atoms with Gasteiger partial charge >= 0.3 is 0 Å². The molecule has 20 heavy (non-hydrogen) atoms. The zero-order chi connectivity index (χ0) is 13.9. The number of pyridine rings is 1. The number of aryl methyl sites for hydroxylation is 2. The first kappa shape index (κ1) is 13.1. The number of benzene rings is 1. The highest BCUT2D eigenvalue weighted by Gasteiger charge is 2.09. The van der Waals surface area contributed by atoms with Gasteiger partial charge in [-0.15, -0.1) is 0 Å². The van der Waals surface area contributed by atoms with Crippen molar-refractivity contribution in [1.29, 1.82) is 0 Å². The van der Waals surface area contributed by atoms with Crippen LogP contribution in [0.3, 0.4) is 0 Å². The van der Waals surface area contributed by atoms with Gasteiger partial charge in [0.25, 0.3) is 0 Å². The average Bonchev–Trinajstić information content (AvgIpc) is 2.75. The van der Waals surface area contributed by atoms with Crippen LogP contribution in [0.4, 0.5) is 5.95 Å². The van der Waals surface area contributed by atoms with Crippen molar-refractivity contribution >= 4 is 33.0 Å². The van der Waals surface area contributed by atoms with Gasteiger partial charge in [0, 0.05) is 17.2 Å². The molecule has 0 aliphatic rings. The van der Waals surface area contributed by atoms with E-state index in [2.05, 4.69) is 50.2 Å². The van der Waals surface area contributed by atoms with E-state index in [4.69, 9.17) is 5.73 Å². The molecule has 0 saturated heterocycles. The standard InChI is InChI=1S/C15H15BrN4/c16-12-9-13-14(18-10-12)20(15(17)19-13)8-4-7-11-5-2-1-3-6-11/h1-3,5-6,9-10H,4,7-8H2,(H2,17,19). The molecule has 4 nitrogen and oxygen atoms in total. The normalized spacial score (nSPS) is 11.1. The molecule has 0 saturated carbocycles. The molecule has 1 aromatic carbocycles. The van der Waals surface area contributed by atoms with Gasteiger partial charge < -0.3 is 5.73 Å². The summed E-state index contributed by atoms with van der Waals surface area (Å²) in [5, 5.41) is 0. The maximum Gasteiger partial charge on any atom is 0.202 e. The molecule has 0 aliphatic carbocycles. The van der Waals surface area contributed by atoms with Gasteiger partial charge in [0.1, 0.15) is 5.52 Å². The van der Waals surface area contributed by atoms with E-state index in [-0.39, 0.29) is 0 Å². The predicted octanol–water partition coefficient (Wildman–Crippen LogP) is 3.41. The van der Waals surface area contributed by atoms with Crippen LogP contribution in [0.1, 0.15) is 12.0 Å². The van der Waals surface area contributed by atoms with Crippen LogP contribution >= 0.6 is 15.9 Å². The van der Waals surface area contributed by atoms with E-state index in [1.54, 1.807) is 6.20 Å². The zero-order valence-electron chi connectivity index (χ0n) is 11.0. The number of halogens is 1. The number of anilines is 1. The van der Waals surface area contributed by atoms with Crippen LogP contribution in [0.25, 0.3) is 11.2 Å². The molecule has 2 N–H and O–H groups in total. The Bertz CT molecular complexity index is 721. The van der Waals surface area contributed by atoms with Crippen molar-refractivity contribution in [3.05, 3.63) is 52.6 Å². The molecule has 3 aromatic rings. The molecule has 0 amide bonds. The number of nitrogens with two attached hydrogens (primary N) is 1. The maximum atomic E-state index is 5.98. The lowest BCUT2D eigenvalue weighted by Crippen LogP contribution is -2.05. The Hall–Kier alpha value is -1.88. The fraction of sp³-hybridized carbons (Fsp3) is 0.200. The maximum absolute atomic E-state index is 5.98. The lowest BCUT2D eigenvalue weighted by molar-refractivity contribution is 0.660. The Labute approximate surface area is 125 Å². The van der Waals surface area contributed by atoms with Crippen molar-refractivity contribution in [3.8, 4) is 0 Å². The van der Waals surface area contributed by atoms with Crippen molar-refractivity contribution in [2.75, 3.05) is 5.73 Å². The number of aromatic nitrogens is 3. The van der Waals surface area contributed by atoms with Gasteiger partial charge in [0.15, 0.2) is 5.65 Å². The largest absolute Gasteiger partial charge is 0.369 e. The van der Waals surface area contributed by atoms with Gasteiger partial charge in [0.2, 0.25) is 5.95 Å². The summed E-state index contributed by atoms with van der Waals surface area (Å²) in [5.41, 5.74) is 8.99. The average molecular weight is 331 g/mol. The van der Waals surface area contributed by atoms with Crippen LogP contribution in [-0.4, -0.2) is 14.5 Å². The fourth-order valence-corrected chi connectivity index (χ4v) is 2.63. The zero-order valence-corrected chi connectivity index (χ0v) is 12.5. The lowest BCUT2D eigenvalue weighted by atomic mass is 10.1. The molecule has 2 aromatic heterocycles. The fourth-order valence-electron chi connectivity index (χ4n) is 2.31. The summed E-state index contributed by atoms with van der Waals surface area (Å²) in [6, 6.07) is 12.4. The third-order valence-electron chi connectivity index (χ3n) is 3.27. The minimum absolute atomic E-state index is 0.527. The van der Waals surface area contributed by atoms with Gasteiger partial charge in [-0.2, -0.15) is 0 Å². The van der Waals surface area contributed by atoms with Crippen molar-refractivity contribution in [2.24, 2.45) is 0 Å². The summed E-state index contributed by atoms with van der Waals surface area (Å²) in [6.07, 6.45) is 3.81. The molecule has 2 heterocycles. The van der Waals surface area contributed by atoms with Crippen LogP contribution in [0, 0.1) is 0 Å². The second-order valence-electron chi connectivity index (χ2n) is 4.71. The molecule has 0 aliphatic heterocycles. The third-order valence-corrected chi connectivity index (χ3v) is 3.70. The van der Waals surface area contributed by atoms with E-state index in [9.17, 15) is 0 Å². The third kappa shape index (κ3) is 2.67. The highest BCUT2D eigenvalue weighted by molar-refractivity contribution is 9.10. The first-order chi connectivity index (χ1) is 9.74. The van der Waals surface area contributed by atoms with E-state index < -0.39 is 0 Å². The Morgan fingerprint density at radius 3 is 2.80 bits per heavy atom. The summed E-state index contributed by atoms with van der Waals surface area (Å²) in [4.78, 5) is 8.75. The van der Waals surface area contributed by atoms with E-state index in [0.29, 0.717) is 5.95 Å². The van der Waals surface area contributed by atoms with Crippen LogP contribution in [0.2, 0.25) is 0 Å². The van der Waals surface area contributed by atoms with Crippen LogP contribution in [0.15, 0.2) is 47.1 Å².